The summed E-state index contributed by atoms with van der Waals surface area (Å²) < 4.78 is 0. The summed E-state index contributed by atoms with van der Waals surface area (Å²) in [5, 5.41) is 0. The number of benzene rings is 1. The van der Waals surface area contributed by atoms with E-state index in [9.17, 15) is 0 Å². The standard InChI is InChI=1S/C12H18N2/c1-11-3-5-12(6-4-11)9-14-8-7-13(2)10-14/h3-6H,7-10H2,1-2H3. The lowest BCUT2D eigenvalue weighted by molar-refractivity contribution is 0.268. The van der Waals surface area contributed by atoms with Gasteiger partial charge in [-0.3, -0.25) is 9.80 Å². The largest absolute Gasteiger partial charge is 0.292 e. The highest BCUT2D eigenvalue weighted by atomic mass is 15.4. The van der Waals surface area contributed by atoms with Gasteiger partial charge in [0.15, 0.2) is 0 Å². The highest BCUT2D eigenvalue weighted by molar-refractivity contribution is 5.21. The van der Waals surface area contributed by atoms with Gasteiger partial charge in [-0.25, -0.2) is 0 Å². The van der Waals surface area contributed by atoms with Crippen LogP contribution in [-0.2, 0) is 6.54 Å². The van der Waals surface area contributed by atoms with Gasteiger partial charge in [-0.15, -0.1) is 0 Å². The summed E-state index contributed by atoms with van der Waals surface area (Å²) in [6, 6.07) is 8.84. The minimum atomic E-state index is 1.09. The Kier molecular flexibility index (Phi) is 2.85. The number of aryl methyl sites for hydroxylation is 1. The molecule has 0 unspecified atom stereocenters. The fourth-order valence-electron chi connectivity index (χ4n) is 1.88. The lowest BCUT2D eigenvalue weighted by atomic mass is 10.1. The molecule has 1 heterocycles. The number of likely N-dealkylation sites (N-methyl/N-ethyl adjacent to an activating group) is 1. The monoisotopic (exact) mass is 190 g/mol. The summed E-state index contributed by atoms with van der Waals surface area (Å²) in [6.07, 6.45) is 0. The molecule has 0 N–H and O–H groups in total. The molecule has 0 atom stereocenters. The number of hydrogen-bond acceptors (Lipinski definition) is 2. The van der Waals surface area contributed by atoms with E-state index in [2.05, 4.69) is 48.0 Å². The van der Waals surface area contributed by atoms with Crippen LogP contribution < -0.4 is 0 Å². The van der Waals surface area contributed by atoms with Crippen LogP contribution in [0.2, 0.25) is 0 Å². The van der Waals surface area contributed by atoms with Gasteiger partial charge in [-0.05, 0) is 19.5 Å². The quantitative estimate of drug-likeness (QED) is 0.700. The van der Waals surface area contributed by atoms with E-state index in [0.717, 1.165) is 13.2 Å². The second-order valence-corrected chi connectivity index (χ2v) is 4.26. The predicted molar refractivity (Wildman–Crippen MR) is 59.1 cm³/mol. The summed E-state index contributed by atoms with van der Waals surface area (Å²) in [7, 11) is 2.18. The molecule has 1 fully saturated rings. The molecule has 1 saturated heterocycles. The van der Waals surface area contributed by atoms with Gasteiger partial charge < -0.3 is 0 Å². The third kappa shape index (κ3) is 2.34. The average Bonchev–Trinajstić information content (AvgIpc) is 2.56. The fourth-order valence-corrected chi connectivity index (χ4v) is 1.88. The van der Waals surface area contributed by atoms with Crippen molar-refractivity contribution < 1.29 is 0 Å². The molecular weight excluding hydrogens is 172 g/mol. The summed E-state index contributed by atoms with van der Waals surface area (Å²) in [4.78, 5) is 4.83. The zero-order valence-electron chi connectivity index (χ0n) is 9.03. The van der Waals surface area contributed by atoms with Gasteiger partial charge >= 0.3 is 0 Å². The second kappa shape index (κ2) is 4.11. The Morgan fingerprint density at radius 1 is 1.14 bits per heavy atom. The van der Waals surface area contributed by atoms with Crippen LogP contribution >= 0.6 is 0 Å². The average molecular weight is 190 g/mol. The van der Waals surface area contributed by atoms with Gasteiger partial charge in [0.25, 0.3) is 0 Å². The molecule has 14 heavy (non-hydrogen) atoms. The maximum Gasteiger partial charge on any atom is 0.0507 e. The van der Waals surface area contributed by atoms with Crippen molar-refractivity contribution in [2.45, 2.75) is 13.5 Å². The van der Waals surface area contributed by atoms with Gasteiger partial charge in [0.05, 0.1) is 6.67 Å². The van der Waals surface area contributed by atoms with Crippen molar-refractivity contribution in [2.24, 2.45) is 0 Å². The molecule has 0 aliphatic carbocycles. The molecule has 0 bridgehead atoms. The zero-order valence-corrected chi connectivity index (χ0v) is 9.03. The molecule has 0 spiro atoms. The minimum absolute atomic E-state index is 1.09. The third-order valence-electron chi connectivity index (χ3n) is 2.77. The first-order valence-corrected chi connectivity index (χ1v) is 5.20. The Hall–Kier alpha value is -0.860. The molecule has 0 amide bonds. The lowest BCUT2D eigenvalue weighted by Gasteiger charge is -2.15. The minimum Gasteiger partial charge on any atom is -0.292 e. The van der Waals surface area contributed by atoms with E-state index < -0.39 is 0 Å². The number of hydrogen-bond donors (Lipinski definition) is 0. The van der Waals surface area contributed by atoms with Gasteiger partial charge in [0.1, 0.15) is 0 Å². The van der Waals surface area contributed by atoms with E-state index in [1.54, 1.807) is 0 Å². The fraction of sp³-hybridized carbons (Fsp3) is 0.500. The van der Waals surface area contributed by atoms with Crippen molar-refractivity contribution in [3.63, 3.8) is 0 Å². The smallest absolute Gasteiger partial charge is 0.0507 e. The van der Waals surface area contributed by atoms with Crippen LogP contribution in [0.1, 0.15) is 11.1 Å². The third-order valence-corrected chi connectivity index (χ3v) is 2.77. The van der Waals surface area contributed by atoms with Crippen LogP contribution in [0.5, 0.6) is 0 Å². The Balaban J connectivity index is 1.94. The highest BCUT2D eigenvalue weighted by Gasteiger charge is 2.15. The van der Waals surface area contributed by atoms with Crippen molar-refractivity contribution in [3.05, 3.63) is 35.4 Å². The first-order chi connectivity index (χ1) is 6.74. The molecule has 1 aliphatic heterocycles. The van der Waals surface area contributed by atoms with E-state index in [0.29, 0.717) is 0 Å². The Morgan fingerprint density at radius 2 is 1.86 bits per heavy atom. The summed E-state index contributed by atoms with van der Waals surface area (Å²) in [5.74, 6) is 0. The predicted octanol–water partition coefficient (Wildman–Crippen LogP) is 1.70. The molecular formula is C12H18N2. The SMILES string of the molecule is Cc1ccc(CN2CCN(C)C2)cc1. The topological polar surface area (TPSA) is 6.48 Å². The first kappa shape index (κ1) is 9.69. The molecule has 0 radical (unpaired) electrons. The van der Waals surface area contributed by atoms with Crippen LogP contribution in [-0.4, -0.2) is 36.6 Å². The molecule has 0 aromatic heterocycles. The lowest BCUT2D eigenvalue weighted by Crippen LogP contribution is -2.22. The van der Waals surface area contributed by atoms with E-state index in [-0.39, 0.29) is 0 Å². The van der Waals surface area contributed by atoms with Crippen LogP contribution in [0, 0.1) is 6.92 Å². The molecule has 2 rings (SSSR count). The van der Waals surface area contributed by atoms with E-state index in [4.69, 9.17) is 0 Å². The molecule has 0 saturated carbocycles. The molecule has 2 heteroatoms. The van der Waals surface area contributed by atoms with Crippen LogP contribution in [0.25, 0.3) is 0 Å². The summed E-state index contributed by atoms with van der Waals surface area (Å²) in [6.45, 7) is 6.72. The van der Waals surface area contributed by atoms with E-state index in [1.807, 2.05) is 0 Å². The zero-order chi connectivity index (χ0) is 9.97. The molecule has 76 valence electrons. The van der Waals surface area contributed by atoms with Crippen LogP contribution in [0.15, 0.2) is 24.3 Å². The van der Waals surface area contributed by atoms with E-state index in [1.165, 1.54) is 24.2 Å². The van der Waals surface area contributed by atoms with Crippen molar-refractivity contribution >= 4 is 0 Å². The summed E-state index contributed by atoms with van der Waals surface area (Å²) in [5.41, 5.74) is 2.76. The van der Waals surface area contributed by atoms with Gasteiger partial charge in [-0.2, -0.15) is 0 Å². The van der Waals surface area contributed by atoms with Crippen LogP contribution in [0.3, 0.4) is 0 Å². The maximum atomic E-state index is 2.48. The van der Waals surface area contributed by atoms with Gasteiger partial charge in [0, 0.05) is 19.6 Å². The van der Waals surface area contributed by atoms with Gasteiger partial charge in [0.2, 0.25) is 0 Å². The van der Waals surface area contributed by atoms with Crippen molar-refractivity contribution in [2.75, 3.05) is 26.8 Å². The van der Waals surface area contributed by atoms with Crippen molar-refractivity contribution in [1.82, 2.24) is 9.80 Å². The molecule has 1 aromatic rings. The normalized spacial score (nSPS) is 19.0. The Bertz CT molecular complexity index is 292. The number of rotatable bonds is 2. The van der Waals surface area contributed by atoms with Crippen molar-refractivity contribution in [1.29, 1.82) is 0 Å². The van der Waals surface area contributed by atoms with Gasteiger partial charge in [-0.1, -0.05) is 29.8 Å². The molecule has 1 aliphatic rings. The maximum absolute atomic E-state index is 2.48. The summed E-state index contributed by atoms with van der Waals surface area (Å²) >= 11 is 0. The highest BCUT2D eigenvalue weighted by Crippen LogP contribution is 2.10. The Labute approximate surface area is 86.1 Å². The molecule has 1 aromatic carbocycles. The number of nitrogens with zero attached hydrogens (tertiary/aromatic N) is 2. The Morgan fingerprint density at radius 3 is 2.43 bits per heavy atom. The second-order valence-electron chi connectivity index (χ2n) is 4.26. The van der Waals surface area contributed by atoms with Crippen LogP contribution in [0.4, 0.5) is 0 Å². The van der Waals surface area contributed by atoms with E-state index >= 15 is 0 Å². The molecule has 2 nitrogen and oxygen atoms in total. The first-order valence-electron chi connectivity index (χ1n) is 5.20. The van der Waals surface area contributed by atoms with Crippen molar-refractivity contribution in [3.8, 4) is 0 Å².